The predicted molar refractivity (Wildman–Crippen MR) is 83.4 cm³/mol. The fourth-order valence-corrected chi connectivity index (χ4v) is 3.04. The average molecular weight is 331 g/mol. The standard InChI is InChI=1S/C17H17NO6/c1-2-23-17(22)9-3-5-10(6-4-9)18-15(19)13-11-7-8-12(24-11)14(13)16(20)21/h3-8,11-14H,2H2,1H3,(H,18,19)(H,20,21)/t11-,12+,13-,14+/m1/s1. The summed E-state index contributed by atoms with van der Waals surface area (Å²) in [5.74, 6) is -3.57. The second kappa shape index (κ2) is 6.45. The smallest absolute Gasteiger partial charge is 0.338 e. The third-order valence-corrected chi connectivity index (χ3v) is 4.15. The minimum Gasteiger partial charge on any atom is -0.481 e. The van der Waals surface area contributed by atoms with Gasteiger partial charge in [0.2, 0.25) is 5.91 Å². The largest absolute Gasteiger partial charge is 0.481 e. The van der Waals surface area contributed by atoms with E-state index in [4.69, 9.17) is 9.47 Å². The topological polar surface area (TPSA) is 102 Å². The monoisotopic (exact) mass is 331 g/mol. The van der Waals surface area contributed by atoms with E-state index in [1.165, 1.54) is 0 Å². The lowest BCUT2D eigenvalue weighted by molar-refractivity contribution is -0.145. The number of ether oxygens (including phenoxy) is 2. The normalized spacial score (nSPS) is 27.0. The Morgan fingerprint density at radius 3 is 2.33 bits per heavy atom. The molecule has 0 radical (unpaired) electrons. The summed E-state index contributed by atoms with van der Waals surface area (Å²) >= 11 is 0. The van der Waals surface area contributed by atoms with Gasteiger partial charge < -0.3 is 19.9 Å². The van der Waals surface area contributed by atoms with Crippen LogP contribution < -0.4 is 5.32 Å². The first-order chi connectivity index (χ1) is 11.5. The van der Waals surface area contributed by atoms with Crippen molar-refractivity contribution in [2.75, 3.05) is 11.9 Å². The number of esters is 1. The van der Waals surface area contributed by atoms with Crippen LogP contribution in [0.4, 0.5) is 5.69 Å². The van der Waals surface area contributed by atoms with E-state index in [9.17, 15) is 19.5 Å². The van der Waals surface area contributed by atoms with Gasteiger partial charge in [-0.3, -0.25) is 9.59 Å². The SMILES string of the molecule is CCOC(=O)c1ccc(NC(=O)[C@H]2[C@@H](C(=O)O)[C@@H]3C=C[C@H]2O3)cc1. The van der Waals surface area contributed by atoms with Crippen molar-refractivity contribution < 1.29 is 29.0 Å². The summed E-state index contributed by atoms with van der Waals surface area (Å²) in [7, 11) is 0. The summed E-state index contributed by atoms with van der Waals surface area (Å²) < 4.78 is 10.4. The van der Waals surface area contributed by atoms with E-state index in [1.807, 2.05) is 0 Å². The van der Waals surface area contributed by atoms with Gasteiger partial charge in [0.25, 0.3) is 0 Å². The molecule has 2 heterocycles. The van der Waals surface area contributed by atoms with Gasteiger partial charge in [0.1, 0.15) is 5.92 Å². The summed E-state index contributed by atoms with van der Waals surface area (Å²) in [6.07, 6.45) is 2.32. The number of aliphatic carboxylic acids is 1. The van der Waals surface area contributed by atoms with Crippen LogP contribution in [0.15, 0.2) is 36.4 Å². The van der Waals surface area contributed by atoms with Crippen LogP contribution in [0.5, 0.6) is 0 Å². The highest BCUT2D eigenvalue weighted by molar-refractivity contribution is 5.97. The molecule has 0 spiro atoms. The molecule has 1 amide bonds. The first-order valence-electron chi connectivity index (χ1n) is 7.66. The zero-order chi connectivity index (χ0) is 17.3. The molecule has 0 aromatic heterocycles. The third-order valence-electron chi connectivity index (χ3n) is 4.15. The van der Waals surface area contributed by atoms with Crippen LogP contribution >= 0.6 is 0 Å². The number of carboxylic acid groups (broad SMARTS) is 1. The van der Waals surface area contributed by atoms with E-state index in [0.717, 1.165) is 0 Å². The number of hydrogen-bond acceptors (Lipinski definition) is 5. The zero-order valence-electron chi connectivity index (χ0n) is 13.0. The van der Waals surface area contributed by atoms with E-state index < -0.39 is 41.9 Å². The number of carbonyl (C=O) groups excluding carboxylic acids is 2. The summed E-state index contributed by atoms with van der Waals surface area (Å²) in [6, 6.07) is 6.23. The minimum atomic E-state index is -1.05. The van der Waals surface area contributed by atoms with Gasteiger partial charge in [-0.25, -0.2) is 4.79 Å². The number of hydrogen-bond donors (Lipinski definition) is 2. The molecule has 7 nitrogen and oxygen atoms in total. The number of carboxylic acids is 1. The molecule has 0 aliphatic carbocycles. The fraction of sp³-hybridized carbons (Fsp3) is 0.353. The number of carbonyl (C=O) groups is 3. The van der Waals surface area contributed by atoms with Crippen LogP contribution in [0, 0.1) is 11.8 Å². The Morgan fingerprint density at radius 1 is 1.12 bits per heavy atom. The highest BCUT2D eigenvalue weighted by atomic mass is 16.5. The first kappa shape index (κ1) is 16.2. The molecule has 0 saturated carbocycles. The highest BCUT2D eigenvalue weighted by Crippen LogP contribution is 2.39. The summed E-state index contributed by atoms with van der Waals surface area (Å²) in [4.78, 5) is 35.4. The van der Waals surface area contributed by atoms with Crippen molar-refractivity contribution >= 4 is 23.5 Å². The van der Waals surface area contributed by atoms with Gasteiger partial charge in [-0.15, -0.1) is 0 Å². The average Bonchev–Trinajstić information content (AvgIpc) is 3.16. The Hall–Kier alpha value is -2.67. The van der Waals surface area contributed by atoms with Crippen molar-refractivity contribution in [2.24, 2.45) is 11.8 Å². The van der Waals surface area contributed by atoms with Crippen molar-refractivity contribution in [1.82, 2.24) is 0 Å². The van der Waals surface area contributed by atoms with Crippen LogP contribution in [0.1, 0.15) is 17.3 Å². The molecule has 7 heteroatoms. The van der Waals surface area contributed by atoms with Crippen LogP contribution in [0.2, 0.25) is 0 Å². The predicted octanol–water partition coefficient (Wildman–Crippen LogP) is 1.46. The zero-order valence-corrected chi connectivity index (χ0v) is 13.0. The van der Waals surface area contributed by atoms with E-state index in [-0.39, 0.29) is 6.61 Å². The highest BCUT2D eigenvalue weighted by Gasteiger charge is 2.53. The number of nitrogens with one attached hydrogen (secondary N) is 1. The van der Waals surface area contributed by atoms with Gasteiger partial charge in [-0.2, -0.15) is 0 Å². The van der Waals surface area contributed by atoms with Crippen LogP contribution in [0.3, 0.4) is 0 Å². The number of rotatable bonds is 5. The van der Waals surface area contributed by atoms with Crippen LogP contribution in [-0.4, -0.2) is 41.8 Å². The lowest BCUT2D eigenvalue weighted by atomic mass is 9.82. The van der Waals surface area contributed by atoms with Gasteiger partial charge in [0.05, 0.1) is 30.3 Å². The molecule has 2 aliphatic heterocycles. The molecule has 2 aliphatic rings. The molecule has 1 aromatic rings. The van der Waals surface area contributed by atoms with Gasteiger partial charge >= 0.3 is 11.9 Å². The fourth-order valence-electron chi connectivity index (χ4n) is 3.04. The van der Waals surface area contributed by atoms with Crippen molar-refractivity contribution in [2.45, 2.75) is 19.1 Å². The molecule has 0 unspecified atom stereocenters. The van der Waals surface area contributed by atoms with Crippen molar-refractivity contribution in [1.29, 1.82) is 0 Å². The molecule has 126 valence electrons. The first-order valence-corrected chi connectivity index (χ1v) is 7.66. The van der Waals surface area contributed by atoms with Crippen molar-refractivity contribution in [3.63, 3.8) is 0 Å². The maximum absolute atomic E-state index is 12.5. The quantitative estimate of drug-likeness (QED) is 0.625. The number of fused-ring (bicyclic) bond motifs is 2. The Bertz CT molecular complexity index is 696. The van der Waals surface area contributed by atoms with Crippen molar-refractivity contribution in [3.05, 3.63) is 42.0 Å². The molecule has 2 N–H and O–H groups in total. The molecular weight excluding hydrogens is 314 g/mol. The molecular formula is C17H17NO6. The third kappa shape index (κ3) is 2.90. The Balaban J connectivity index is 1.70. The van der Waals surface area contributed by atoms with E-state index in [2.05, 4.69) is 5.32 Å². The van der Waals surface area contributed by atoms with E-state index in [1.54, 1.807) is 43.3 Å². The maximum Gasteiger partial charge on any atom is 0.338 e. The molecule has 1 aromatic carbocycles. The van der Waals surface area contributed by atoms with Gasteiger partial charge in [0.15, 0.2) is 0 Å². The second-order valence-corrected chi connectivity index (χ2v) is 5.63. The summed E-state index contributed by atoms with van der Waals surface area (Å²) in [5, 5.41) is 12.0. The summed E-state index contributed by atoms with van der Waals surface area (Å²) in [6.45, 7) is 2.00. The second-order valence-electron chi connectivity index (χ2n) is 5.63. The summed E-state index contributed by atoms with van der Waals surface area (Å²) in [5.41, 5.74) is 0.855. The van der Waals surface area contributed by atoms with Crippen LogP contribution in [-0.2, 0) is 19.1 Å². The Morgan fingerprint density at radius 2 is 1.75 bits per heavy atom. The van der Waals surface area contributed by atoms with E-state index >= 15 is 0 Å². The molecule has 1 fully saturated rings. The molecule has 24 heavy (non-hydrogen) atoms. The van der Waals surface area contributed by atoms with Gasteiger partial charge in [-0.05, 0) is 31.2 Å². The van der Waals surface area contributed by atoms with Gasteiger partial charge in [0, 0.05) is 5.69 Å². The molecule has 4 atom stereocenters. The minimum absolute atomic E-state index is 0.283. The maximum atomic E-state index is 12.5. The number of benzene rings is 1. The Labute approximate surface area is 138 Å². The molecule has 2 bridgehead atoms. The van der Waals surface area contributed by atoms with Gasteiger partial charge in [-0.1, -0.05) is 12.2 Å². The lowest BCUT2D eigenvalue weighted by Gasteiger charge is -2.21. The van der Waals surface area contributed by atoms with Crippen molar-refractivity contribution in [3.8, 4) is 0 Å². The molecule has 3 rings (SSSR count). The van der Waals surface area contributed by atoms with Crippen LogP contribution in [0.25, 0.3) is 0 Å². The Kier molecular flexibility index (Phi) is 4.35. The lowest BCUT2D eigenvalue weighted by Crippen LogP contribution is -2.39. The van der Waals surface area contributed by atoms with E-state index in [0.29, 0.717) is 11.3 Å². The number of amides is 1. The molecule has 1 saturated heterocycles. The number of anilines is 1.